The van der Waals surface area contributed by atoms with Crippen LogP contribution in [-0.4, -0.2) is 15.5 Å². The smallest absolute Gasteiger partial charge is 0.263 e. The van der Waals surface area contributed by atoms with Gasteiger partial charge in [-0.15, -0.1) is 11.3 Å². The second-order valence-electron chi connectivity index (χ2n) is 8.26. The molecule has 1 atom stereocenters. The number of hydrogen-bond acceptors (Lipinski definition) is 4. The van der Waals surface area contributed by atoms with Crippen molar-refractivity contribution >= 4 is 43.9 Å². The van der Waals surface area contributed by atoms with Gasteiger partial charge in [0.1, 0.15) is 10.9 Å². The first kappa shape index (κ1) is 21.1. The number of anilines is 1. The number of aromatic nitrogens is 2. The fourth-order valence-corrected chi connectivity index (χ4v) is 4.95. The first-order valence-corrected chi connectivity index (χ1v) is 11.7. The van der Waals surface area contributed by atoms with Crippen LogP contribution in [0.5, 0.6) is 0 Å². The molecule has 0 bridgehead atoms. The van der Waals surface area contributed by atoms with Crippen molar-refractivity contribution in [1.29, 1.82) is 0 Å². The van der Waals surface area contributed by atoms with Gasteiger partial charge in [-0.2, -0.15) is 0 Å². The van der Waals surface area contributed by atoms with Crippen molar-refractivity contribution in [3.05, 3.63) is 93.9 Å². The molecule has 0 aliphatic carbocycles. The van der Waals surface area contributed by atoms with Gasteiger partial charge in [0.25, 0.3) is 5.56 Å². The van der Waals surface area contributed by atoms with Crippen LogP contribution in [0.3, 0.4) is 0 Å². The molecule has 0 spiro atoms. The normalized spacial score (nSPS) is 12.2. The number of nitrogens with zero attached hydrogens (tertiary/aromatic N) is 2. The number of thiophene rings is 1. The zero-order valence-electron chi connectivity index (χ0n) is 18.6. The van der Waals surface area contributed by atoms with Gasteiger partial charge in [-0.3, -0.25) is 14.2 Å². The fraction of sp³-hybridized carbons (Fsp3) is 0.148. The minimum atomic E-state index is -0.710. The third-order valence-corrected chi connectivity index (χ3v) is 7.13. The molecule has 1 amide bonds. The topological polar surface area (TPSA) is 64.0 Å². The molecule has 3 aromatic carbocycles. The van der Waals surface area contributed by atoms with Gasteiger partial charge < -0.3 is 5.32 Å². The lowest BCUT2D eigenvalue weighted by molar-refractivity contribution is -0.118. The van der Waals surface area contributed by atoms with E-state index < -0.39 is 6.04 Å². The van der Waals surface area contributed by atoms with Crippen LogP contribution in [0, 0.1) is 13.8 Å². The molecule has 2 aromatic heterocycles. The molecule has 5 nitrogen and oxygen atoms in total. The summed E-state index contributed by atoms with van der Waals surface area (Å²) in [6, 6.07) is 19.4. The molecule has 2 heterocycles. The number of carbonyl (C=O) groups excluding carboxylic acids is 1. The molecule has 0 aliphatic rings. The third-order valence-electron chi connectivity index (χ3n) is 6.24. The highest BCUT2D eigenvalue weighted by molar-refractivity contribution is 7.17. The van der Waals surface area contributed by atoms with Crippen molar-refractivity contribution in [3.8, 4) is 11.1 Å². The Hall–Kier alpha value is -3.77. The van der Waals surface area contributed by atoms with E-state index in [1.807, 2.05) is 55.6 Å². The monoisotopic (exact) mass is 453 g/mol. The Morgan fingerprint density at radius 3 is 2.64 bits per heavy atom. The van der Waals surface area contributed by atoms with Gasteiger partial charge in [0.2, 0.25) is 5.91 Å². The molecule has 0 aliphatic heterocycles. The SMILES string of the molecule is Cc1cccc(NC(=O)C(C)n2cnc3scc(-c4ccc5ccccc5c4)c3c2=O)c1C. The van der Waals surface area contributed by atoms with E-state index in [0.717, 1.165) is 38.7 Å². The number of aryl methyl sites for hydroxylation is 1. The molecule has 33 heavy (non-hydrogen) atoms. The highest BCUT2D eigenvalue weighted by Gasteiger charge is 2.21. The molecule has 0 saturated carbocycles. The first-order valence-electron chi connectivity index (χ1n) is 10.8. The maximum Gasteiger partial charge on any atom is 0.263 e. The Kier molecular flexibility index (Phi) is 5.30. The van der Waals surface area contributed by atoms with Crippen LogP contribution < -0.4 is 10.9 Å². The van der Waals surface area contributed by atoms with Crippen molar-refractivity contribution in [2.75, 3.05) is 5.32 Å². The minimum Gasteiger partial charge on any atom is -0.324 e. The van der Waals surface area contributed by atoms with E-state index in [1.165, 1.54) is 22.2 Å². The largest absolute Gasteiger partial charge is 0.324 e. The third kappa shape index (κ3) is 3.72. The summed E-state index contributed by atoms with van der Waals surface area (Å²) in [6.07, 6.45) is 1.47. The van der Waals surface area contributed by atoms with Crippen molar-refractivity contribution in [2.24, 2.45) is 0 Å². The average Bonchev–Trinajstić information content (AvgIpc) is 3.26. The van der Waals surface area contributed by atoms with Crippen LogP contribution in [0.25, 0.3) is 32.1 Å². The predicted octanol–water partition coefficient (Wildman–Crippen LogP) is 6.09. The first-order chi connectivity index (χ1) is 15.9. The Bertz CT molecular complexity index is 1580. The van der Waals surface area contributed by atoms with E-state index in [2.05, 4.69) is 34.6 Å². The molecule has 5 aromatic rings. The maximum atomic E-state index is 13.5. The van der Waals surface area contributed by atoms with E-state index in [0.29, 0.717) is 10.2 Å². The van der Waals surface area contributed by atoms with E-state index >= 15 is 0 Å². The summed E-state index contributed by atoms with van der Waals surface area (Å²) < 4.78 is 1.42. The number of benzene rings is 3. The fourth-order valence-electron chi connectivity index (χ4n) is 4.04. The number of nitrogens with one attached hydrogen (secondary N) is 1. The molecule has 0 radical (unpaired) electrons. The van der Waals surface area contributed by atoms with E-state index in [4.69, 9.17) is 0 Å². The number of carbonyl (C=O) groups is 1. The molecular weight excluding hydrogens is 430 g/mol. The van der Waals surface area contributed by atoms with Gasteiger partial charge in [0, 0.05) is 16.6 Å². The Morgan fingerprint density at radius 2 is 1.82 bits per heavy atom. The van der Waals surface area contributed by atoms with Crippen LogP contribution in [0.1, 0.15) is 24.1 Å². The van der Waals surface area contributed by atoms with Crippen LogP contribution in [0.4, 0.5) is 5.69 Å². The van der Waals surface area contributed by atoms with E-state index in [-0.39, 0.29) is 11.5 Å². The van der Waals surface area contributed by atoms with Gasteiger partial charge in [0.05, 0.1) is 11.7 Å². The lowest BCUT2D eigenvalue weighted by atomic mass is 10.0. The molecule has 6 heteroatoms. The number of amides is 1. The lowest BCUT2D eigenvalue weighted by Crippen LogP contribution is -2.32. The summed E-state index contributed by atoms with van der Waals surface area (Å²) in [5.74, 6) is -0.255. The van der Waals surface area contributed by atoms with Crippen LogP contribution in [-0.2, 0) is 4.79 Å². The van der Waals surface area contributed by atoms with Gasteiger partial charge in [-0.1, -0.05) is 48.5 Å². The summed E-state index contributed by atoms with van der Waals surface area (Å²) >= 11 is 1.44. The average molecular weight is 454 g/mol. The van der Waals surface area contributed by atoms with Crippen LogP contribution in [0.15, 0.2) is 77.2 Å². The maximum absolute atomic E-state index is 13.5. The predicted molar refractivity (Wildman–Crippen MR) is 136 cm³/mol. The molecule has 0 fully saturated rings. The zero-order valence-corrected chi connectivity index (χ0v) is 19.4. The quantitative estimate of drug-likeness (QED) is 0.358. The lowest BCUT2D eigenvalue weighted by Gasteiger charge is -2.17. The second kappa shape index (κ2) is 8.30. The number of rotatable bonds is 4. The van der Waals surface area contributed by atoms with E-state index in [1.54, 1.807) is 6.92 Å². The molecule has 5 rings (SSSR count). The van der Waals surface area contributed by atoms with Gasteiger partial charge in [-0.05, 0) is 60.4 Å². The summed E-state index contributed by atoms with van der Waals surface area (Å²) in [4.78, 5) is 31.7. The van der Waals surface area contributed by atoms with Crippen molar-refractivity contribution in [3.63, 3.8) is 0 Å². The molecule has 1 unspecified atom stereocenters. The van der Waals surface area contributed by atoms with Gasteiger partial charge >= 0.3 is 0 Å². The van der Waals surface area contributed by atoms with Gasteiger partial charge in [0.15, 0.2) is 0 Å². The minimum absolute atomic E-state index is 0.215. The van der Waals surface area contributed by atoms with E-state index in [9.17, 15) is 9.59 Å². The van der Waals surface area contributed by atoms with Gasteiger partial charge in [-0.25, -0.2) is 4.98 Å². The highest BCUT2D eigenvalue weighted by Crippen LogP contribution is 2.32. The molecule has 0 saturated heterocycles. The number of hydrogen-bond donors (Lipinski definition) is 1. The summed E-state index contributed by atoms with van der Waals surface area (Å²) in [7, 11) is 0. The molecular formula is C27H23N3O2S. The standard InChI is InChI=1S/C27H23N3O2S/c1-16-7-6-10-23(17(16)2)29-25(31)18(3)30-15-28-26-24(27(30)32)22(14-33-26)21-12-11-19-8-4-5-9-20(19)13-21/h4-15,18H,1-3H3,(H,29,31). The second-order valence-corrected chi connectivity index (χ2v) is 9.12. The van der Waals surface area contributed by atoms with Crippen LogP contribution >= 0.6 is 11.3 Å². The summed E-state index contributed by atoms with van der Waals surface area (Å²) in [5.41, 5.74) is 4.45. The summed E-state index contributed by atoms with van der Waals surface area (Å²) in [5, 5.41) is 7.73. The molecule has 1 N–H and O–H groups in total. The Morgan fingerprint density at radius 1 is 1.03 bits per heavy atom. The van der Waals surface area contributed by atoms with Crippen molar-refractivity contribution < 1.29 is 4.79 Å². The van der Waals surface area contributed by atoms with Crippen LogP contribution in [0.2, 0.25) is 0 Å². The molecule has 164 valence electrons. The summed E-state index contributed by atoms with van der Waals surface area (Å²) in [6.45, 7) is 5.69. The highest BCUT2D eigenvalue weighted by atomic mass is 32.1. The number of fused-ring (bicyclic) bond motifs is 2. The van der Waals surface area contributed by atoms with Crippen molar-refractivity contribution in [1.82, 2.24) is 9.55 Å². The zero-order chi connectivity index (χ0) is 23.1. The Labute approximate surface area is 195 Å². The Balaban J connectivity index is 1.54. The van der Waals surface area contributed by atoms with Crippen molar-refractivity contribution in [2.45, 2.75) is 26.8 Å².